The molecule has 2 N–H and O–H groups in total. The van der Waals surface area contributed by atoms with E-state index in [4.69, 9.17) is 9.47 Å². The molecule has 3 aromatic rings. The number of amides is 2. The Bertz CT molecular complexity index is 1100. The van der Waals surface area contributed by atoms with Gasteiger partial charge < -0.3 is 20.1 Å². The van der Waals surface area contributed by atoms with Crippen molar-refractivity contribution in [1.82, 2.24) is 5.32 Å². The van der Waals surface area contributed by atoms with Crippen LogP contribution >= 0.6 is 0 Å². The molecule has 0 aromatic heterocycles. The second-order valence-corrected chi connectivity index (χ2v) is 7.01. The number of hydrogen-bond donors (Lipinski definition) is 2. The number of para-hydroxylation sites is 1. The van der Waals surface area contributed by atoms with Crippen molar-refractivity contribution in [1.29, 1.82) is 0 Å². The van der Waals surface area contributed by atoms with Gasteiger partial charge in [-0.2, -0.15) is 0 Å². The minimum atomic E-state index is -0.464. The molecule has 3 rings (SSSR count). The van der Waals surface area contributed by atoms with E-state index in [-0.39, 0.29) is 29.9 Å². The normalized spacial score (nSPS) is 11.2. The average molecular weight is 432 g/mol. The molecule has 0 saturated carbocycles. The lowest BCUT2D eigenvalue weighted by Crippen LogP contribution is -2.28. The van der Waals surface area contributed by atoms with Gasteiger partial charge in [0.2, 0.25) is 0 Å². The lowest BCUT2D eigenvalue weighted by Gasteiger charge is -2.16. The van der Waals surface area contributed by atoms with Crippen LogP contribution in [0.1, 0.15) is 39.2 Å². The molecule has 0 heterocycles. The molecule has 7 nitrogen and oxygen atoms in total. The first-order chi connectivity index (χ1) is 15.5. The van der Waals surface area contributed by atoms with E-state index in [9.17, 15) is 14.4 Å². The fourth-order valence-electron chi connectivity index (χ4n) is 3.10. The van der Waals surface area contributed by atoms with Crippen LogP contribution in [0.3, 0.4) is 0 Å². The van der Waals surface area contributed by atoms with Gasteiger partial charge in [0.15, 0.2) is 12.9 Å². The van der Waals surface area contributed by atoms with Crippen molar-refractivity contribution in [2.75, 3.05) is 19.0 Å². The SMILES string of the molecule is COc1ccc(OCC(=O)Nc2ccccc2C(=O)NC(C)c2ccccc2)c(C=O)c1. The van der Waals surface area contributed by atoms with Crippen LogP contribution in [-0.2, 0) is 4.79 Å². The molecule has 0 radical (unpaired) electrons. The topological polar surface area (TPSA) is 93.7 Å². The molecular formula is C25H24N2O5. The molecule has 0 saturated heterocycles. The van der Waals surface area contributed by atoms with Crippen molar-refractivity contribution >= 4 is 23.8 Å². The molecule has 0 aliphatic rings. The van der Waals surface area contributed by atoms with Gasteiger partial charge in [0, 0.05) is 0 Å². The van der Waals surface area contributed by atoms with E-state index in [1.807, 2.05) is 37.3 Å². The van der Waals surface area contributed by atoms with E-state index in [0.717, 1.165) is 5.56 Å². The fraction of sp³-hybridized carbons (Fsp3) is 0.160. The molecule has 0 aliphatic carbocycles. The minimum Gasteiger partial charge on any atom is -0.497 e. The maximum atomic E-state index is 12.8. The fourth-order valence-corrected chi connectivity index (χ4v) is 3.10. The maximum absolute atomic E-state index is 12.8. The molecule has 0 aliphatic heterocycles. The largest absolute Gasteiger partial charge is 0.497 e. The molecule has 0 bridgehead atoms. The summed E-state index contributed by atoms with van der Waals surface area (Å²) in [5.41, 5.74) is 1.94. The van der Waals surface area contributed by atoms with Crippen LogP contribution in [0.2, 0.25) is 0 Å². The zero-order chi connectivity index (χ0) is 22.9. The molecule has 0 fully saturated rings. The summed E-state index contributed by atoms with van der Waals surface area (Å²) in [6, 6.07) is 20.8. The first-order valence-electron chi connectivity index (χ1n) is 10.0. The smallest absolute Gasteiger partial charge is 0.262 e. The number of nitrogens with one attached hydrogen (secondary N) is 2. The molecular weight excluding hydrogens is 408 g/mol. The van der Waals surface area contributed by atoms with Gasteiger partial charge in [0.25, 0.3) is 11.8 Å². The Labute approximate surface area is 186 Å². The van der Waals surface area contributed by atoms with Crippen molar-refractivity contribution in [3.63, 3.8) is 0 Å². The monoisotopic (exact) mass is 432 g/mol. The maximum Gasteiger partial charge on any atom is 0.262 e. The zero-order valence-corrected chi connectivity index (χ0v) is 17.8. The van der Waals surface area contributed by atoms with Crippen molar-refractivity contribution in [2.45, 2.75) is 13.0 Å². The van der Waals surface area contributed by atoms with Gasteiger partial charge in [-0.05, 0) is 42.8 Å². The van der Waals surface area contributed by atoms with Crippen molar-refractivity contribution in [2.24, 2.45) is 0 Å². The van der Waals surface area contributed by atoms with E-state index < -0.39 is 5.91 Å². The van der Waals surface area contributed by atoms with Crippen LogP contribution in [-0.4, -0.2) is 31.8 Å². The van der Waals surface area contributed by atoms with Crippen LogP contribution in [0.5, 0.6) is 11.5 Å². The standard InChI is InChI=1S/C25H24N2O5/c1-17(18-8-4-3-5-9-18)26-25(30)21-10-6-7-11-22(21)27-24(29)16-32-23-13-12-20(31-2)14-19(23)15-28/h3-15,17H,16H2,1-2H3,(H,26,30)(H,27,29). The number of methoxy groups -OCH3 is 1. The summed E-state index contributed by atoms with van der Waals surface area (Å²) in [6.07, 6.45) is 0.628. The highest BCUT2D eigenvalue weighted by Gasteiger charge is 2.16. The summed E-state index contributed by atoms with van der Waals surface area (Å²) in [5.74, 6) is -0.00201. The lowest BCUT2D eigenvalue weighted by atomic mass is 10.1. The van der Waals surface area contributed by atoms with Crippen LogP contribution in [0.15, 0.2) is 72.8 Å². The number of aldehydes is 1. The second kappa shape index (κ2) is 10.8. The quantitative estimate of drug-likeness (QED) is 0.498. The van der Waals surface area contributed by atoms with E-state index >= 15 is 0 Å². The van der Waals surface area contributed by atoms with Crippen molar-refractivity contribution in [3.05, 3.63) is 89.5 Å². The summed E-state index contributed by atoms with van der Waals surface area (Å²) < 4.78 is 10.6. The molecule has 2 amide bonds. The summed E-state index contributed by atoms with van der Waals surface area (Å²) in [7, 11) is 1.49. The lowest BCUT2D eigenvalue weighted by molar-refractivity contribution is -0.118. The first-order valence-corrected chi connectivity index (χ1v) is 10.0. The highest BCUT2D eigenvalue weighted by molar-refractivity contribution is 6.04. The van der Waals surface area contributed by atoms with Crippen LogP contribution < -0.4 is 20.1 Å². The number of hydrogen-bond acceptors (Lipinski definition) is 5. The van der Waals surface area contributed by atoms with Gasteiger partial charge in [0.1, 0.15) is 11.5 Å². The molecule has 1 unspecified atom stereocenters. The van der Waals surface area contributed by atoms with Crippen LogP contribution in [0.25, 0.3) is 0 Å². The van der Waals surface area contributed by atoms with Crippen LogP contribution in [0.4, 0.5) is 5.69 Å². The van der Waals surface area contributed by atoms with Gasteiger partial charge in [-0.1, -0.05) is 42.5 Å². The number of anilines is 1. The van der Waals surface area contributed by atoms with Crippen molar-refractivity contribution in [3.8, 4) is 11.5 Å². The molecule has 3 aromatic carbocycles. The Morgan fingerprint density at radius 3 is 2.44 bits per heavy atom. The summed E-state index contributed by atoms with van der Waals surface area (Å²) in [4.78, 5) is 36.5. The predicted molar refractivity (Wildman–Crippen MR) is 121 cm³/mol. The van der Waals surface area contributed by atoms with E-state index in [0.29, 0.717) is 23.3 Å². The van der Waals surface area contributed by atoms with Gasteiger partial charge in [-0.25, -0.2) is 0 Å². The third-order valence-corrected chi connectivity index (χ3v) is 4.80. The highest BCUT2D eigenvalue weighted by atomic mass is 16.5. The van der Waals surface area contributed by atoms with Gasteiger partial charge in [-0.3, -0.25) is 14.4 Å². The summed E-state index contributed by atoms with van der Waals surface area (Å²) in [5, 5.41) is 5.63. The Kier molecular flexibility index (Phi) is 7.59. The second-order valence-electron chi connectivity index (χ2n) is 7.01. The molecule has 7 heteroatoms. The third kappa shape index (κ3) is 5.72. The first kappa shape index (κ1) is 22.6. The van der Waals surface area contributed by atoms with E-state index in [1.165, 1.54) is 13.2 Å². The molecule has 164 valence electrons. The Hall–Kier alpha value is -4.13. The zero-order valence-electron chi connectivity index (χ0n) is 17.8. The average Bonchev–Trinajstić information content (AvgIpc) is 2.83. The Morgan fingerprint density at radius 1 is 1.00 bits per heavy atom. The molecule has 32 heavy (non-hydrogen) atoms. The number of ether oxygens (including phenoxy) is 2. The number of rotatable bonds is 9. The summed E-state index contributed by atoms with van der Waals surface area (Å²) >= 11 is 0. The van der Waals surface area contributed by atoms with Crippen LogP contribution in [0, 0.1) is 0 Å². The number of carbonyl (C=O) groups excluding carboxylic acids is 3. The van der Waals surface area contributed by atoms with Crippen molar-refractivity contribution < 1.29 is 23.9 Å². The minimum absolute atomic E-state index is 0.201. The van der Waals surface area contributed by atoms with Gasteiger partial charge in [-0.15, -0.1) is 0 Å². The molecule has 1 atom stereocenters. The van der Waals surface area contributed by atoms with E-state index in [1.54, 1.807) is 36.4 Å². The highest BCUT2D eigenvalue weighted by Crippen LogP contribution is 2.23. The Balaban J connectivity index is 1.65. The van der Waals surface area contributed by atoms with E-state index in [2.05, 4.69) is 10.6 Å². The molecule has 0 spiro atoms. The van der Waals surface area contributed by atoms with Gasteiger partial charge >= 0.3 is 0 Å². The third-order valence-electron chi connectivity index (χ3n) is 4.80. The van der Waals surface area contributed by atoms with Gasteiger partial charge in [0.05, 0.1) is 30.0 Å². The number of carbonyl (C=O) groups is 3. The Morgan fingerprint density at radius 2 is 1.72 bits per heavy atom. The number of benzene rings is 3. The summed E-state index contributed by atoms with van der Waals surface area (Å²) in [6.45, 7) is 1.56. The predicted octanol–water partition coefficient (Wildman–Crippen LogP) is 4.02.